The largest absolute Gasteiger partial charge is 0.244 e. The van der Waals surface area contributed by atoms with E-state index in [1.807, 2.05) is 103 Å². The Balaban J connectivity index is 1.27. The highest BCUT2D eigenvalue weighted by molar-refractivity contribution is 5.92. The van der Waals surface area contributed by atoms with E-state index in [1.165, 1.54) is 0 Å². The SMILES string of the molecule is N#Cc1ccc(-c2nc3cc(-c4ccc5nc(-c6ccccc6)c(-c6ccccc6)nc5c4)ccc3nc2-c2ccccc2)cc1. The van der Waals surface area contributed by atoms with E-state index in [0.29, 0.717) is 5.56 Å². The highest BCUT2D eigenvalue weighted by Crippen LogP contribution is 2.35. The first-order chi connectivity index (χ1) is 22.7. The lowest BCUT2D eigenvalue weighted by Crippen LogP contribution is -1.97. The van der Waals surface area contributed by atoms with Crippen LogP contribution in [-0.4, -0.2) is 19.9 Å². The third-order valence-corrected chi connectivity index (χ3v) is 8.09. The minimum absolute atomic E-state index is 0.603. The fourth-order valence-corrected chi connectivity index (χ4v) is 5.76. The molecular weight excluding hydrogens is 562 g/mol. The number of aromatic nitrogens is 4. The molecule has 2 aromatic heterocycles. The number of hydrogen-bond acceptors (Lipinski definition) is 5. The van der Waals surface area contributed by atoms with Crippen molar-refractivity contribution in [3.05, 3.63) is 157 Å². The first kappa shape index (κ1) is 27.1. The van der Waals surface area contributed by atoms with Gasteiger partial charge in [0.05, 0.1) is 56.5 Å². The van der Waals surface area contributed by atoms with Gasteiger partial charge in [0.15, 0.2) is 0 Å². The summed E-state index contributed by atoms with van der Waals surface area (Å²) in [5.74, 6) is 0. The Morgan fingerprint density at radius 1 is 0.326 bits per heavy atom. The molecule has 0 amide bonds. The Morgan fingerprint density at radius 2 is 0.652 bits per heavy atom. The number of fused-ring (bicyclic) bond motifs is 2. The summed E-state index contributed by atoms with van der Waals surface area (Å²) >= 11 is 0. The molecule has 5 heteroatoms. The average molecular weight is 588 g/mol. The molecule has 0 atom stereocenters. The topological polar surface area (TPSA) is 75.3 Å². The summed E-state index contributed by atoms with van der Waals surface area (Å²) in [6.07, 6.45) is 0. The molecule has 6 aromatic carbocycles. The van der Waals surface area contributed by atoms with Crippen LogP contribution in [0.1, 0.15) is 5.56 Å². The van der Waals surface area contributed by atoms with Crippen LogP contribution in [0.2, 0.25) is 0 Å². The molecule has 0 fully saturated rings. The van der Waals surface area contributed by atoms with Crippen LogP contribution in [0.5, 0.6) is 0 Å². The monoisotopic (exact) mass is 587 g/mol. The van der Waals surface area contributed by atoms with Crippen molar-refractivity contribution in [3.63, 3.8) is 0 Å². The molecule has 0 unspecified atom stereocenters. The molecule has 0 aliphatic carbocycles. The van der Waals surface area contributed by atoms with E-state index in [2.05, 4.69) is 54.6 Å². The van der Waals surface area contributed by atoms with Crippen LogP contribution in [0, 0.1) is 11.3 Å². The van der Waals surface area contributed by atoms with Crippen LogP contribution >= 0.6 is 0 Å². The van der Waals surface area contributed by atoms with Crippen LogP contribution in [0.3, 0.4) is 0 Å². The molecular formula is C41H25N5. The van der Waals surface area contributed by atoms with Crippen LogP contribution in [0.25, 0.3) is 78.2 Å². The maximum Gasteiger partial charge on any atom is 0.0991 e. The molecule has 2 heterocycles. The van der Waals surface area contributed by atoms with Crippen molar-refractivity contribution in [1.82, 2.24) is 19.9 Å². The van der Waals surface area contributed by atoms with E-state index >= 15 is 0 Å². The molecule has 0 saturated heterocycles. The van der Waals surface area contributed by atoms with Crippen LogP contribution in [-0.2, 0) is 0 Å². The number of hydrogen-bond donors (Lipinski definition) is 0. The normalized spacial score (nSPS) is 11.0. The maximum absolute atomic E-state index is 9.33. The van der Waals surface area contributed by atoms with Gasteiger partial charge in [-0.2, -0.15) is 5.26 Å². The minimum Gasteiger partial charge on any atom is -0.244 e. The minimum atomic E-state index is 0.603. The van der Waals surface area contributed by atoms with Gasteiger partial charge in [-0.1, -0.05) is 115 Å². The van der Waals surface area contributed by atoms with Crippen molar-refractivity contribution in [3.8, 4) is 62.2 Å². The molecule has 0 saturated carbocycles. The Bertz CT molecular complexity index is 2400. The van der Waals surface area contributed by atoms with E-state index < -0.39 is 0 Å². The van der Waals surface area contributed by atoms with E-state index in [1.54, 1.807) is 0 Å². The first-order valence-electron chi connectivity index (χ1n) is 15.0. The van der Waals surface area contributed by atoms with Gasteiger partial charge in [0.1, 0.15) is 0 Å². The van der Waals surface area contributed by atoms with Gasteiger partial charge in [-0.05, 0) is 47.5 Å². The Kier molecular flexibility index (Phi) is 6.79. The highest BCUT2D eigenvalue weighted by Gasteiger charge is 2.16. The molecule has 0 aliphatic heterocycles. The number of nitrogens with zero attached hydrogens (tertiary/aromatic N) is 5. The summed E-state index contributed by atoms with van der Waals surface area (Å²) in [5, 5.41) is 9.33. The smallest absolute Gasteiger partial charge is 0.0991 e. The van der Waals surface area contributed by atoms with Crippen LogP contribution in [0.4, 0.5) is 0 Å². The second-order valence-electron chi connectivity index (χ2n) is 11.0. The molecule has 0 spiro atoms. The van der Waals surface area contributed by atoms with Gasteiger partial charge in [-0.25, -0.2) is 19.9 Å². The van der Waals surface area contributed by atoms with Crippen molar-refractivity contribution in [1.29, 1.82) is 5.26 Å². The van der Waals surface area contributed by atoms with E-state index in [4.69, 9.17) is 19.9 Å². The zero-order chi connectivity index (χ0) is 30.9. The lowest BCUT2D eigenvalue weighted by atomic mass is 10.0. The van der Waals surface area contributed by atoms with E-state index in [0.717, 1.165) is 78.2 Å². The zero-order valence-electron chi connectivity index (χ0n) is 24.7. The van der Waals surface area contributed by atoms with Gasteiger partial charge in [-0.15, -0.1) is 0 Å². The molecule has 8 aromatic rings. The fourth-order valence-electron chi connectivity index (χ4n) is 5.76. The molecule has 46 heavy (non-hydrogen) atoms. The van der Waals surface area contributed by atoms with Crippen molar-refractivity contribution in [2.45, 2.75) is 0 Å². The molecule has 0 N–H and O–H groups in total. The summed E-state index contributed by atoms with van der Waals surface area (Å²) in [7, 11) is 0. The Hall–Kier alpha value is -6.51. The summed E-state index contributed by atoms with van der Waals surface area (Å²) in [5.41, 5.74) is 13.1. The summed E-state index contributed by atoms with van der Waals surface area (Å²) in [6.45, 7) is 0. The van der Waals surface area contributed by atoms with Crippen molar-refractivity contribution < 1.29 is 0 Å². The van der Waals surface area contributed by atoms with Gasteiger partial charge in [-0.3, -0.25) is 0 Å². The number of nitriles is 1. The Labute approximate surface area is 266 Å². The second kappa shape index (κ2) is 11.5. The first-order valence-corrected chi connectivity index (χ1v) is 15.0. The quantitative estimate of drug-likeness (QED) is 0.200. The lowest BCUT2D eigenvalue weighted by Gasteiger charge is -2.13. The second-order valence-corrected chi connectivity index (χ2v) is 11.0. The third kappa shape index (κ3) is 5.04. The summed E-state index contributed by atoms with van der Waals surface area (Å²) in [4.78, 5) is 20.5. The van der Waals surface area contributed by atoms with Crippen molar-refractivity contribution >= 4 is 22.1 Å². The van der Waals surface area contributed by atoms with Gasteiger partial charge in [0.2, 0.25) is 0 Å². The average Bonchev–Trinajstić information content (AvgIpc) is 3.14. The molecule has 0 radical (unpaired) electrons. The molecule has 8 rings (SSSR count). The highest BCUT2D eigenvalue weighted by atomic mass is 14.8. The van der Waals surface area contributed by atoms with E-state index in [-0.39, 0.29) is 0 Å². The summed E-state index contributed by atoms with van der Waals surface area (Å²) < 4.78 is 0. The molecule has 0 aliphatic rings. The van der Waals surface area contributed by atoms with Gasteiger partial charge < -0.3 is 0 Å². The molecule has 0 bridgehead atoms. The van der Waals surface area contributed by atoms with Crippen LogP contribution in [0.15, 0.2) is 152 Å². The lowest BCUT2D eigenvalue weighted by molar-refractivity contribution is 1.29. The van der Waals surface area contributed by atoms with Gasteiger partial charge in [0, 0.05) is 22.3 Å². The van der Waals surface area contributed by atoms with E-state index in [9.17, 15) is 5.26 Å². The zero-order valence-corrected chi connectivity index (χ0v) is 24.7. The standard InChI is InChI=1S/C41H25N5/c42-26-27-16-18-31(19-17-27)41-39(29-12-6-2-7-13-29)44-35-23-21-33(25-37(35)46-41)32-20-22-34-36(24-32)45-40(30-14-8-3-9-15-30)38(43-34)28-10-4-1-5-11-28/h1-25H. The molecule has 5 nitrogen and oxygen atoms in total. The predicted molar refractivity (Wildman–Crippen MR) is 185 cm³/mol. The van der Waals surface area contributed by atoms with Crippen LogP contribution < -0.4 is 0 Å². The van der Waals surface area contributed by atoms with Crippen molar-refractivity contribution in [2.75, 3.05) is 0 Å². The maximum atomic E-state index is 9.33. The number of benzene rings is 6. The van der Waals surface area contributed by atoms with Gasteiger partial charge >= 0.3 is 0 Å². The summed E-state index contributed by atoms with van der Waals surface area (Å²) in [6, 6.07) is 52.6. The van der Waals surface area contributed by atoms with Crippen molar-refractivity contribution in [2.24, 2.45) is 0 Å². The fraction of sp³-hybridized carbons (Fsp3) is 0. The Morgan fingerprint density at radius 3 is 1.02 bits per heavy atom. The molecule has 214 valence electrons. The third-order valence-electron chi connectivity index (χ3n) is 8.09. The predicted octanol–water partition coefficient (Wildman–Crippen LogP) is 9.78. The van der Waals surface area contributed by atoms with Gasteiger partial charge in [0.25, 0.3) is 0 Å². The number of rotatable bonds is 5.